The van der Waals surface area contributed by atoms with E-state index >= 15 is 0 Å². The van der Waals surface area contributed by atoms with Crippen molar-refractivity contribution < 1.29 is 22.6 Å². The van der Waals surface area contributed by atoms with E-state index in [-0.39, 0.29) is 11.4 Å². The van der Waals surface area contributed by atoms with E-state index in [0.29, 0.717) is 5.75 Å². The van der Waals surface area contributed by atoms with Crippen LogP contribution >= 0.6 is 15.9 Å². The summed E-state index contributed by atoms with van der Waals surface area (Å²) in [7, 11) is 0. The van der Waals surface area contributed by atoms with Gasteiger partial charge in [0.05, 0.1) is 5.69 Å². The smallest absolute Gasteiger partial charge is 0.387 e. The lowest BCUT2D eigenvalue weighted by Crippen LogP contribution is -2.05. The third-order valence-electron chi connectivity index (χ3n) is 2.32. The highest BCUT2D eigenvalue weighted by molar-refractivity contribution is 9.10. The normalized spacial score (nSPS) is 10.7. The van der Waals surface area contributed by atoms with E-state index in [1.165, 1.54) is 0 Å². The quantitative estimate of drug-likeness (QED) is 0.824. The Kier molecular flexibility index (Phi) is 4.39. The molecule has 0 amide bonds. The summed E-state index contributed by atoms with van der Waals surface area (Å²) >= 11 is 3.26. The highest BCUT2D eigenvalue weighted by atomic mass is 79.9. The van der Waals surface area contributed by atoms with Crippen molar-refractivity contribution in [2.75, 3.05) is 5.73 Å². The number of alkyl halides is 2. The molecule has 3 nitrogen and oxygen atoms in total. The monoisotopic (exact) mass is 347 g/mol. The molecular weight excluding hydrogens is 339 g/mol. The SMILES string of the molecule is Nc1cc(F)c(OC(F)F)cc1Oc1ccc(Br)cc1. The van der Waals surface area contributed by atoms with Crippen LogP contribution in [0.1, 0.15) is 0 Å². The van der Waals surface area contributed by atoms with Gasteiger partial charge < -0.3 is 15.2 Å². The van der Waals surface area contributed by atoms with E-state index in [9.17, 15) is 13.2 Å². The molecule has 0 radical (unpaired) electrons. The number of anilines is 1. The Hall–Kier alpha value is -1.89. The van der Waals surface area contributed by atoms with E-state index in [0.717, 1.165) is 16.6 Å². The Labute approximate surface area is 121 Å². The minimum atomic E-state index is -3.13. The predicted octanol–water partition coefficient (Wildman–Crippen LogP) is 4.56. The molecule has 0 saturated heterocycles. The van der Waals surface area contributed by atoms with Gasteiger partial charge in [0, 0.05) is 16.6 Å². The first-order valence-electron chi connectivity index (χ1n) is 5.43. The maximum Gasteiger partial charge on any atom is 0.387 e. The van der Waals surface area contributed by atoms with Crippen molar-refractivity contribution in [3.05, 3.63) is 46.7 Å². The Morgan fingerprint density at radius 2 is 1.70 bits per heavy atom. The molecule has 0 aliphatic rings. The number of halogens is 4. The first kappa shape index (κ1) is 14.5. The molecule has 106 valence electrons. The molecule has 2 aromatic carbocycles. The van der Waals surface area contributed by atoms with Crippen LogP contribution in [-0.2, 0) is 0 Å². The molecule has 0 spiro atoms. The zero-order valence-electron chi connectivity index (χ0n) is 9.95. The molecule has 20 heavy (non-hydrogen) atoms. The lowest BCUT2D eigenvalue weighted by molar-refractivity contribution is -0.0522. The van der Waals surface area contributed by atoms with Crippen LogP contribution in [0.15, 0.2) is 40.9 Å². The fraction of sp³-hybridized carbons (Fsp3) is 0.0769. The summed E-state index contributed by atoms with van der Waals surface area (Å²) in [6, 6.07) is 8.59. The Balaban J connectivity index is 2.28. The van der Waals surface area contributed by atoms with Crippen LogP contribution in [0.4, 0.5) is 18.9 Å². The van der Waals surface area contributed by atoms with Crippen molar-refractivity contribution >= 4 is 21.6 Å². The van der Waals surface area contributed by atoms with Gasteiger partial charge in [-0.3, -0.25) is 0 Å². The summed E-state index contributed by atoms with van der Waals surface area (Å²) < 4.78 is 48.0. The average Bonchev–Trinajstić information content (AvgIpc) is 2.37. The first-order chi connectivity index (χ1) is 9.45. The van der Waals surface area contributed by atoms with Crippen LogP contribution < -0.4 is 15.2 Å². The fourth-order valence-corrected chi connectivity index (χ4v) is 1.72. The van der Waals surface area contributed by atoms with Gasteiger partial charge in [0.25, 0.3) is 0 Å². The van der Waals surface area contributed by atoms with Gasteiger partial charge >= 0.3 is 6.61 Å². The summed E-state index contributed by atoms with van der Waals surface area (Å²) in [5.74, 6) is -1.15. The van der Waals surface area contributed by atoms with Gasteiger partial charge in [-0.05, 0) is 24.3 Å². The van der Waals surface area contributed by atoms with E-state index in [1.54, 1.807) is 24.3 Å². The summed E-state index contributed by atoms with van der Waals surface area (Å²) in [5.41, 5.74) is 5.56. The molecule has 0 atom stereocenters. The Morgan fingerprint density at radius 3 is 2.30 bits per heavy atom. The highest BCUT2D eigenvalue weighted by Gasteiger charge is 2.14. The van der Waals surface area contributed by atoms with Crippen molar-refractivity contribution in [2.45, 2.75) is 6.61 Å². The van der Waals surface area contributed by atoms with Gasteiger partial charge in [-0.1, -0.05) is 15.9 Å². The zero-order chi connectivity index (χ0) is 14.7. The molecule has 0 saturated carbocycles. The van der Waals surface area contributed by atoms with Gasteiger partial charge in [-0.25, -0.2) is 4.39 Å². The summed E-state index contributed by atoms with van der Waals surface area (Å²) in [4.78, 5) is 0. The van der Waals surface area contributed by atoms with Gasteiger partial charge in [0.15, 0.2) is 17.3 Å². The van der Waals surface area contributed by atoms with Crippen molar-refractivity contribution in [3.8, 4) is 17.2 Å². The van der Waals surface area contributed by atoms with E-state index < -0.39 is 18.2 Å². The maximum absolute atomic E-state index is 13.4. The number of nitrogen functional groups attached to an aromatic ring is 1. The summed E-state index contributed by atoms with van der Waals surface area (Å²) in [6.07, 6.45) is 0. The molecular formula is C13H9BrF3NO2. The zero-order valence-corrected chi connectivity index (χ0v) is 11.5. The molecule has 2 N–H and O–H groups in total. The van der Waals surface area contributed by atoms with Crippen molar-refractivity contribution in [3.63, 3.8) is 0 Å². The molecule has 0 aromatic heterocycles. The molecule has 0 bridgehead atoms. The first-order valence-corrected chi connectivity index (χ1v) is 6.22. The third-order valence-corrected chi connectivity index (χ3v) is 2.85. The molecule has 0 heterocycles. The van der Waals surface area contributed by atoms with Crippen LogP contribution in [-0.4, -0.2) is 6.61 Å². The largest absolute Gasteiger partial charge is 0.455 e. The van der Waals surface area contributed by atoms with E-state index in [4.69, 9.17) is 10.5 Å². The minimum Gasteiger partial charge on any atom is -0.455 e. The second-order valence-corrected chi connectivity index (χ2v) is 4.67. The second-order valence-electron chi connectivity index (χ2n) is 3.75. The molecule has 2 rings (SSSR count). The molecule has 7 heteroatoms. The minimum absolute atomic E-state index is 0.0213. The van der Waals surface area contributed by atoms with Crippen LogP contribution in [0.5, 0.6) is 17.2 Å². The molecule has 0 unspecified atom stereocenters. The van der Waals surface area contributed by atoms with Crippen LogP contribution in [0.3, 0.4) is 0 Å². The van der Waals surface area contributed by atoms with Gasteiger partial charge in [0.1, 0.15) is 5.75 Å². The standard InChI is InChI=1S/C13H9BrF3NO2/c14-7-1-3-8(4-2-7)19-12-6-11(20-13(16)17)9(15)5-10(12)18/h1-6,13H,18H2. The highest BCUT2D eigenvalue weighted by Crippen LogP contribution is 2.34. The molecule has 0 aliphatic heterocycles. The van der Waals surface area contributed by atoms with E-state index in [2.05, 4.69) is 20.7 Å². The number of benzene rings is 2. The Bertz CT molecular complexity index is 605. The fourth-order valence-electron chi connectivity index (χ4n) is 1.45. The van der Waals surface area contributed by atoms with Crippen molar-refractivity contribution in [2.24, 2.45) is 0 Å². The maximum atomic E-state index is 13.4. The lowest BCUT2D eigenvalue weighted by Gasteiger charge is -2.12. The molecule has 2 aromatic rings. The third kappa shape index (κ3) is 3.57. The number of hydrogen-bond donors (Lipinski definition) is 1. The Morgan fingerprint density at radius 1 is 1.05 bits per heavy atom. The lowest BCUT2D eigenvalue weighted by atomic mass is 10.2. The second kappa shape index (κ2) is 6.04. The van der Waals surface area contributed by atoms with Gasteiger partial charge in [0.2, 0.25) is 0 Å². The van der Waals surface area contributed by atoms with Crippen LogP contribution in [0, 0.1) is 5.82 Å². The number of rotatable bonds is 4. The van der Waals surface area contributed by atoms with Crippen molar-refractivity contribution in [1.29, 1.82) is 0 Å². The van der Waals surface area contributed by atoms with E-state index in [1.807, 2.05) is 0 Å². The number of hydrogen-bond acceptors (Lipinski definition) is 3. The van der Waals surface area contributed by atoms with Gasteiger partial charge in [-0.15, -0.1) is 0 Å². The summed E-state index contributed by atoms with van der Waals surface area (Å²) in [5, 5.41) is 0. The number of nitrogens with two attached hydrogens (primary N) is 1. The van der Waals surface area contributed by atoms with Gasteiger partial charge in [-0.2, -0.15) is 8.78 Å². The topological polar surface area (TPSA) is 44.5 Å². The van der Waals surface area contributed by atoms with Crippen LogP contribution in [0.2, 0.25) is 0 Å². The van der Waals surface area contributed by atoms with Crippen LogP contribution in [0.25, 0.3) is 0 Å². The molecule has 0 fully saturated rings. The summed E-state index contributed by atoms with van der Waals surface area (Å²) in [6.45, 7) is -3.13. The predicted molar refractivity (Wildman–Crippen MR) is 71.7 cm³/mol. The number of ether oxygens (including phenoxy) is 2. The average molecular weight is 348 g/mol. The van der Waals surface area contributed by atoms with Crippen molar-refractivity contribution in [1.82, 2.24) is 0 Å². The molecule has 0 aliphatic carbocycles.